The van der Waals surface area contributed by atoms with Crippen LogP contribution in [0.25, 0.3) is 0 Å². The predicted molar refractivity (Wildman–Crippen MR) is 116 cm³/mol. The van der Waals surface area contributed by atoms with Crippen LogP contribution < -0.4 is 0 Å². The quantitative estimate of drug-likeness (QED) is 0.438. The van der Waals surface area contributed by atoms with E-state index < -0.39 is 60.1 Å². The highest BCUT2D eigenvalue weighted by Crippen LogP contribution is 2.50. The smallest absolute Gasteiger partial charge is 0.303 e. The first-order valence-electron chi connectivity index (χ1n) is 10.7. The molecule has 5 atom stereocenters. The van der Waals surface area contributed by atoms with Gasteiger partial charge in [-0.05, 0) is 54.4 Å². The predicted octanol–water partition coefficient (Wildman–Crippen LogP) is 1.77. The molecule has 0 radical (unpaired) electrons. The number of aliphatic hydroxyl groups excluding tert-OH is 3. The Hall–Kier alpha value is -2.29. The van der Waals surface area contributed by atoms with Crippen molar-refractivity contribution in [1.29, 1.82) is 0 Å². The van der Waals surface area contributed by atoms with E-state index in [1.54, 1.807) is 13.8 Å². The van der Waals surface area contributed by atoms with Crippen LogP contribution >= 0.6 is 0 Å². The molecule has 0 saturated carbocycles. The van der Waals surface area contributed by atoms with Crippen molar-refractivity contribution in [3.05, 3.63) is 34.4 Å². The number of hydrogen-bond donors (Lipinski definition) is 3. The molecule has 8 heteroatoms. The molecule has 2 aliphatic carbocycles. The van der Waals surface area contributed by atoms with Crippen LogP contribution in [0.3, 0.4) is 0 Å². The first-order valence-corrected chi connectivity index (χ1v) is 10.7. The maximum absolute atomic E-state index is 13.4. The summed E-state index contributed by atoms with van der Waals surface area (Å²) in [6.45, 7) is 9.00. The van der Waals surface area contributed by atoms with Crippen LogP contribution in [0.15, 0.2) is 34.4 Å². The van der Waals surface area contributed by atoms with Gasteiger partial charge in [0.2, 0.25) is 5.78 Å². The SMILES string of the molecule is CC(=O)O[C@H]1C(=O)/C(C)=C/C[C@H](O)/C(CO)=C/[C@H](O)[C@@H]2C[C@H](OC(C)=O)C(C)=C1C2(C)C. The van der Waals surface area contributed by atoms with Gasteiger partial charge in [0.1, 0.15) is 6.10 Å². The Morgan fingerprint density at radius 1 is 1.12 bits per heavy atom. The van der Waals surface area contributed by atoms with Crippen LogP contribution in [0.4, 0.5) is 0 Å². The van der Waals surface area contributed by atoms with E-state index in [0.29, 0.717) is 11.1 Å². The van der Waals surface area contributed by atoms with Gasteiger partial charge in [-0.25, -0.2) is 0 Å². The van der Waals surface area contributed by atoms with Crippen LogP contribution in [0.2, 0.25) is 0 Å². The summed E-state index contributed by atoms with van der Waals surface area (Å²) in [5.74, 6) is -2.18. The molecular weight excluding hydrogens is 416 g/mol. The second-order valence-electron chi connectivity index (χ2n) is 9.14. The lowest BCUT2D eigenvalue weighted by molar-refractivity contribution is -0.152. The van der Waals surface area contributed by atoms with E-state index >= 15 is 0 Å². The molecule has 0 fully saturated rings. The third-order valence-electron chi connectivity index (χ3n) is 6.53. The highest BCUT2D eigenvalue weighted by atomic mass is 16.6. The standard InChI is InChI=1S/C24H34O8/c1-12-7-8-18(28)16(11-25)9-19(29)17-10-20(31-14(3)26)13(2)21(24(17,5)6)23(22(12)30)32-15(4)27/h7,9,17-20,23,25,28-29H,8,10-11H2,1-6H3/b12-7+,16-9+/t17-,18-,19-,20-,23+/m0/s1. The minimum Gasteiger partial charge on any atom is -0.458 e. The molecule has 2 aliphatic rings. The van der Waals surface area contributed by atoms with Crippen LogP contribution in [0.5, 0.6) is 0 Å². The van der Waals surface area contributed by atoms with Crippen molar-refractivity contribution < 1.29 is 39.2 Å². The van der Waals surface area contributed by atoms with Crippen molar-refractivity contribution in [2.24, 2.45) is 11.3 Å². The van der Waals surface area contributed by atoms with Crippen molar-refractivity contribution in [1.82, 2.24) is 0 Å². The summed E-state index contributed by atoms with van der Waals surface area (Å²) in [5, 5.41) is 31.4. The van der Waals surface area contributed by atoms with E-state index in [1.165, 1.54) is 26.0 Å². The average Bonchev–Trinajstić information content (AvgIpc) is 2.69. The number of hydrogen-bond acceptors (Lipinski definition) is 8. The van der Waals surface area contributed by atoms with Crippen LogP contribution in [-0.4, -0.2) is 64.1 Å². The van der Waals surface area contributed by atoms with Gasteiger partial charge in [-0.3, -0.25) is 14.4 Å². The first kappa shape index (κ1) is 26.0. The monoisotopic (exact) mass is 450 g/mol. The van der Waals surface area contributed by atoms with Crippen LogP contribution in [-0.2, 0) is 23.9 Å². The zero-order chi connectivity index (χ0) is 24.4. The Bertz CT molecular complexity index is 863. The fourth-order valence-electron chi connectivity index (χ4n) is 4.79. The maximum atomic E-state index is 13.4. The molecular formula is C24H34O8. The van der Waals surface area contributed by atoms with E-state index in [4.69, 9.17) is 9.47 Å². The number of rotatable bonds is 3. The molecule has 2 rings (SSSR count). The van der Waals surface area contributed by atoms with E-state index in [0.717, 1.165) is 0 Å². The molecule has 0 spiro atoms. The van der Waals surface area contributed by atoms with Crippen molar-refractivity contribution >= 4 is 17.7 Å². The van der Waals surface area contributed by atoms with Crippen molar-refractivity contribution in [3.8, 4) is 0 Å². The Labute approximate surface area is 188 Å². The molecule has 0 saturated heterocycles. The lowest BCUT2D eigenvalue weighted by Crippen LogP contribution is -2.49. The lowest BCUT2D eigenvalue weighted by Gasteiger charge is -2.47. The van der Waals surface area contributed by atoms with Gasteiger partial charge in [0, 0.05) is 19.8 Å². The molecule has 32 heavy (non-hydrogen) atoms. The number of carbonyl (C=O) groups is 3. The van der Waals surface area contributed by atoms with Crippen LogP contribution in [0.1, 0.15) is 54.4 Å². The average molecular weight is 451 g/mol. The normalized spacial score (nSPS) is 34.3. The van der Waals surface area contributed by atoms with E-state index in [9.17, 15) is 29.7 Å². The molecule has 8 nitrogen and oxygen atoms in total. The Kier molecular flexibility index (Phi) is 8.20. The maximum Gasteiger partial charge on any atom is 0.303 e. The van der Waals surface area contributed by atoms with E-state index in [2.05, 4.69) is 0 Å². The molecule has 0 aromatic carbocycles. The Balaban J connectivity index is 2.82. The van der Waals surface area contributed by atoms with Crippen molar-refractivity contribution in [2.75, 3.05) is 6.61 Å². The molecule has 178 valence electrons. The third-order valence-corrected chi connectivity index (χ3v) is 6.53. The third kappa shape index (κ3) is 5.36. The molecule has 2 bridgehead atoms. The van der Waals surface area contributed by atoms with Gasteiger partial charge in [0.05, 0.1) is 18.8 Å². The highest BCUT2D eigenvalue weighted by Gasteiger charge is 2.50. The molecule has 0 heterocycles. The summed E-state index contributed by atoms with van der Waals surface area (Å²) in [7, 11) is 0. The van der Waals surface area contributed by atoms with E-state index in [-0.39, 0.29) is 24.0 Å². The number of aliphatic hydroxyl groups is 3. The van der Waals surface area contributed by atoms with Gasteiger partial charge >= 0.3 is 11.9 Å². The van der Waals surface area contributed by atoms with Gasteiger partial charge in [0.15, 0.2) is 6.10 Å². The first-order chi connectivity index (χ1) is 14.8. The summed E-state index contributed by atoms with van der Waals surface area (Å²) in [6, 6.07) is 0. The van der Waals surface area contributed by atoms with Gasteiger partial charge in [-0.2, -0.15) is 0 Å². The molecule has 0 unspecified atom stereocenters. The minimum absolute atomic E-state index is 0.0473. The zero-order valence-corrected chi connectivity index (χ0v) is 19.5. The summed E-state index contributed by atoms with van der Waals surface area (Å²) >= 11 is 0. The second-order valence-corrected chi connectivity index (χ2v) is 9.14. The molecule has 0 amide bonds. The van der Waals surface area contributed by atoms with Gasteiger partial charge in [-0.1, -0.05) is 26.0 Å². The number of fused-ring (bicyclic) bond motifs is 2. The van der Waals surface area contributed by atoms with Crippen molar-refractivity contribution in [3.63, 3.8) is 0 Å². The number of carbonyl (C=O) groups excluding carboxylic acids is 3. The molecule has 0 aromatic heterocycles. The Morgan fingerprint density at radius 2 is 1.72 bits per heavy atom. The Morgan fingerprint density at radius 3 is 2.25 bits per heavy atom. The number of ketones is 1. The molecule has 0 aliphatic heterocycles. The second kappa shape index (κ2) is 10.1. The fourth-order valence-corrected chi connectivity index (χ4v) is 4.79. The summed E-state index contributed by atoms with van der Waals surface area (Å²) in [5.41, 5.74) is 0.753. The van der Waals surface area contributed by atoms with Crippen molar-refractivity contribution in [2.45, 2.75) is 78.8 Å². The van der Waals surface area contributed by atoms with Gasteiger partial charge in [-0.15, -0.1) is 0 Å². The van der Waals surface area contributed by atoms with Crippen LogP contribution in [0, 0.1) is 11.3 Å². The lowest BCUT2D eigenvalue weighted by atomic mass is 9.60. The zero-order valence-electron chi connectivity index (χ0n) is 19.5. The van der Waals surface area contributed by atoms with Gasteiger partial charge < -0.3 is 24.8 Å². The highest BCUT2D eigenvalue weighted by molar-refractivity contribution is 6.01. The number of Topliss-reactive ketones (excluding diaryl/α,β-unsaturated/α-hetero) is 1. The molecule has 0 aromatic rings. The van der Waals surface area contributed by atoms with Gasteiger partial charge in [0.25, 0.3) is 0 Å². The molecule has 3 N–H and O–H groups in total. The topological polar surface area (TPSA) is 130 Å². The fraction of sp³-hybridized carbons (Fsp3) is 0.625. The largest absolute Gasteiger partial charge is 0.458 e. The minimum atomic E-state index is -1.26. The summed E-state index contributed by atoms with van der Waals surface area (Å²) in [4.78, 5) is 37.1. The number of esters is 2. The number of ether oxygens (including phenoxy) is 2. The summed E-state index contributed by atoms with van der Waals surface area (Å²) in [6.07, 6.45) is -0.969. The summed E-state index contributed by atoms with van der Waals surface area (Å²) < 4.78 is 11.0. The van der Waals surface area contributed by atoms with E-state index in [1.807, 2.05) is 13.8 Å².